The minimum Gasteiger partial charge on any atom is -0.256 e. The molecule has 0 unspecified atom stereocenters. The van der Waals surface area contributed by atoms with E-state index in [0.717, 1.165) is 32.4 Å². The molecule has 4 rings (SSSR count). The molecule has 0 aliphatic heterocycles. The maximum Gasteiger partial charge on any atom is 0.0705 e. The lowest BCUT2D eigenvalue weighted by molar-refractivity contribution is 1.29. The summed E-state index contributed by atoms with van der Waals surface area (Å²) in [6.45, 7) is 1.86. The van der Waals surface area contributed by atoms with Crippen LogP contribution in [0.2, 0.25) is 0 Å². The molecule has 0 aliphatic carbocycles. The van der Waals surface area contributed by atoms with Crippen LogP contribution in [0.4, 0.5) is 0 Å². The van der Waals surface area contributed by atoms with Crippen LogP contribution in [0.5, 0.6) is 0 Å². The van der Waals surface area contributed by atoms with Gasteiger partial charge in [0.05, 0.1) is 12.5 Å². The van der Waals surface area contributed by atoms with Crippen LogP contribution >= 0.6 is 15.9 Å². The van der Waals surface area contributed by atoms with Gasteiger partial charge in [-0.3, -0.25) is 4.98 Å². The molecule has 0 bridgehead atoms. The molecule has 26 heavy (non-hydrogen) atoms. The van der Waals surface area contributed by atoms with Gasteiger partial charge >= 0.3 is 0 Å². The van der Waals surface area contributed by atoms with Gasteiger partial charge in [-0.15, -0.1) is 0 Å². The predicted molar refractivity (Wildman–Crippen MR) is 113 cm³/mol. The van der Waals surface area contributed by atoms with Crippen LogP contribution in [0.25, 0.3) is 33.5 Å². The SMILES string of the molecule is [2H]c1c([2H])c([2H])c(-c2cnc(-c3ccc(-c4ccccc4Br)cc3)cc2C)c([2H])c1[2H]. The summed E-state index contributed by atoms with van der Waals surface area (Å²) in [5, 5.41) is 0. The first kappa shape index (κ1) is 11.8. The number of hydrogen-bond acceptors (Lipinski definition) is 1. The van der Waals surface area contributed by atoms with Gasteiger partial charge in [0, 0.05) is 21.8 Å². The fourth-order valence-electron chi connectivity index (χ4n) is 2.88. The molecule has 3 aromatic carbocycles. The topological polar surface area (TPSA) is 12.9 Å². The molecule has 0 fully saturated rings. The van der Waals surface area contributed by atoms with Crippen LogP contribution in [0, 0.1) is 6.92 Å². The van der Waals surface area contributed by atoms with Crippen molar-refractivity contribution in [1.29, 1.82) is 0 Å². The predicted octanol–water partition coefficient (Wildman–Crippen LogP) is 7.15. The lowest BCUT2D eigenvalue weighted by Crippen LogP contribution is -1.90. The second-order valence-electron chi connectivity index (χ2n) is 5.94. The number of nitrogens with zero attached hydrogens (tertiary/aromatic N) is 1. The first-order chi connectivity index (χ1) is 14.8. The van der Waals surface area contributed by atoms with E-state index in [2.05, 4.69) is 27.0 Å². The van der Waals surface area contributed by atoms with Gasteiger partial charge in [0.1, 0.15) is 0 Å². The van der Waals surface area contributed by atoms with Crippen LogP contribution in [0.1, 0.15) is 12.4 Å². The van der Waals surface area contributed by atoms with Gasteiger partial charge in [-0.25, -0.2) is 0 Å². The van der Waals surface area contributed by atoms with Gasteiger partial charge in [0.25, 0.3) is 0 Å². The molecule has 126 valence electrons. The number of aryl methyl sites for hydroxylation is 1. The molecule has 0 amide bonds. The highest BCUT2D eigenvalue weighted by Gasteiger charge is 2.07. The smallest absolute Gasteiger partial charge is 0.0705 e. The molecule has 1 heterocycles. The zero-order valence-corrected chi connectivity index (χ0v) is 15.7. The Morgan fingerprint density at radius 3 is 2.19 bits per heavy atom. The van der Waals surface area contributed by atoms with E-state index in [9.17, 15) is 0 Å². The zero-order chi connectivity index (χ0) is 22.3. The first-order valence-corrected chi connectivity index (χ1v) is 8.98. The standard InChI is InChI=1S/C24H18BrN/c1-17-15-24(26-16-22(17)18-7-3-2-4-8-18)20-13-11-19(12-14-20)21-9-5-6-10-23(21)25/h2-16H,1H3/i2D,3D,4D,7D,8D. The second kappa shape index (κ2) is 7.27. The highest BCUT2D eigenvalue weighted by Crippen LogP contribution is 2.31. The van der Waals surface area contributed by atoms with E-state index in [4.69, 9.17) is 6.85 Å². The maximum atomic E-state index is 8.21. The molecule has 0 spiro atoms. The van der Waals surface area contributed by atoms with Gasteiger partial charge in [-0.2, -0.15) is 0 Å². The highest BCUT2D eigenvalue weighted by atomic mass is 79.9. The van der Waals surface area contributed by atoms with Crippen LogP contribution in [-0.2, 0) is 0 Å². The molecule has 2 heteroatoms. The number of hydrogen-bond donors (Lipinski definition) is 0. The highest BCUT2D eigenvalue weighted by molar-refractivity contribution is 9.10. The molecular weight excluding hydrogens is 382 g/mol. The Hall–Kier alpha value is -2.71. The fraction of sp³-hybridized carbons (Fsp3) is 0.0417. The number of aromatic nitrogens is 1. The van der Waals surface area contributed by atoms with Crippen molar-refractivity contribution in [3.05, 3.63) is 101 Å². The third-order valence-corrected chi connectivity index (χ3v) is 4.94. The lowest BCUT2D eigenvalue weighted by Gasteiger charge is -2.09. The normalized spacial score (nSPS) is 13.4. The summed E-state index contributed by atoms with van der Waals surface area (Å²) >= 11 is 3.58. The van der Waals surface area contributed by atoms with Crippen molar-refractivity contribution in [1.82, 2.24) is 4.98 Å². The van der Waals surface area contributed by atoms with E-state index in [0.29, 0.717) is 5.56 Å². The molecule has 1 aromatic heterocycles. The van der Waals surface area contributed by atoms with E-state index < -0.39 is 6.04 Å². The molecule has 4 aromatic rings. The summed E-state index contributed by atoms with van der Waals surface area (Å²) in [7, 11) is 0. The number of pyridine rings is 1. The van der Waals surface area contributed by atoms with Crippen molar-refractivity contribution in [3.8, 4) is 33.5 Å². The molecular formula is C24H18BrN. The van der Waals surface area contributed by atoms with E-state index in [-0.39, 0.29) is 29.7 Å². The third-order valence-electron chi connectivity index (χ3n) is 4.25. The third kappa shape index (κ3) is 3.33. The van der Waals surface area contributed by atoms with Crippen LogP contribution < -0.4 is 0 Å². The summed E-state index contributed by atoms with van der Waals surface area (Å²) in [4.78, 5) is 4.52. The summed E-state index contributed by atoms with van der Waals surface area (Å²) < 4.78 is 41.0. The summed E-state index contributed by atoms with van der Waals surface area (Å²) in [5.74, 6) is 0. The average Bonchev–Trinajstić information content (AvgIpc) is 2.78. The van der Waals surface area contributed by atoms with Crippen molar-refractivity contribution in [2.75, 3.05) is 0 Å². The largest absolute Gasteiger partial charge is 0.256 e. The maximum absolute atomic E-state index is 8.21. The molecule has 0 saturated carbocycles. The van der Waals surface area contributed by atoms with Gasteiger partial charge in [-0.1, -0.05) is 88.6 Å². The minimum absolute atomic E-state index is 0.173. The van der Waals surface area contributed by atoms with E-state index in [1.54, 1.807) is 6.20 Å². The molecule has 0 radical (unpaired) electrons. The first-order valence-electron chi connectivity index (χ1n) is 10.7. The molecule has 1 nitrogen and oxygen atoms in total. The molecule has 0 N–H and O–H groups in total. The van der Waals surface area contributed by atoms with Crippen molar-refractivity contribution in [2.45, 2.75) is 6.92 Å². The summed E-state index contributed by atoms with van der Waals surface area (Å²) in [6, 6.07) is 16.5. The summed E-state index contributed by atoms with van der Waals surface area (Å²) in [5.41, 5.74) is 5.38. The fourth-order valence-corrected chi connectivity index (χ4v) is 3.39. The second-order valence-corrected chi connectivity index (χ2v) is 6.80. The quantitative estimate of drug-likeness (QED) is 0.353. The lowest BCUT2D eigenvalue weighted by atomic mass is 9.99. The van der Waals surface area contributed by atoms with Gasteiger partial charge in [0.2, 0.25) is 0 Å². The monoisotopic (exact) mass is 404 g/mol. The van der Waals surface area contributed by atoms with Gasteiger partial charge in [0.15, 0.2) is 0 Å². The van der Waals surface area contributed by atoms with Gasteiger partial charge < -0.3 is 0 Å². The average molecular weight is 405 g/mol. The van der Waals surface area contributed by atoms with Crippen molar-refractivity contribution in [3.63, 3.8) is 0 Å². The summed E-state index contributed by atoms with van der Waals surface area (Å²) in [6.07, 6.45) is 1.58. The van der Waals surface area contributed by atoms with Crippen LogP contribution in [-0.4, -0.2) is 4.98 Å². The Kier molecular flexibility index (Phi) is 3.30. The van der Waals surface area contributed by atoms with Gasteiger partial charge in [-0.05, 0) is 41.3 Å². The molecule has 0 saturated heterocycles. The Morgan fingerprint density at radius 2 is 1.50 bits per heavy atom. The zero-order valence-electron chi connectivity index (χ0n) is 19.1. The Bertz CT molecular complexity index is 1270. The van der Waals surface area contributed by atoms with Crippen LogP contribution in [0.3, 0.4) is 0 Å². The Labute approximate surface area is 169 Å². The van der Waals surface area contributed by atoms with Crippen molar-refractivity contribution in [2.24, 2.45) is 0 Å². The molecule has 0 atom stereocenters. The number of benzene rings is 3. The molecule has 0 aliphatic rings. The van der Waals surface area contributed by atoms with Crippen molar-refractivity contribution >= 4 is 15.9 Å². The van der Waals surface area contributed by atoms with Crippen molar-refractivity contribution < 1.29 is 6.85 Å². The number of halogens is 1. The van der Waals surface area contributed by atoms with Crippen LogP contribution in [0.15, 0.2) is 95.5 Å². The van der Waals surface area contributed by atoms with E-state index in [1.165, 1.54) is 0 Å². The Balaban J connectivity index is 1.73. The van der Waals surface area contributed by atoms with E-state index >= 15 is 0 Å². The Morgan fingerprint density at radius 1 is 0.808 bits per heavy atom. The van der Waals surface area contributed by atoms with E-state index in [1.807, 2.05) is 55.5 Å². The number of rotatable bonds is 3. The minimum atomic E-state index is -0.397.